The van der Waals surface area contributed by atoms with Crippen LogP contribution in [-0.4, -0.2) is 5.91 Å². The highest BCUT2D eigenvalue weighted by Crippen LogP contribution is 2.15. The third kappa shape index (κ3) is 3.72. The maximum Gasteiger partial charge on any atom is 0.234 e. The van der Waals surface area contributed by atoms with Gasteiger partial charge in [0.2, 0.25) is 5.91 Å². The minimum atomic E-state index is -0.239. The molecule has 1 aromatic carbocycles. The van der Waals surface area contributed by atoms with Crippen molar-refractivity contribution < 1.29 is 4.79 Å². The second-order valence-corrected chi connectivity index (χ2v) is 4.10. The van der Waals surface area contributed by atoms with Crippen molar-refractivity contribution in [3.05, 3.63) is 33.8 Å². The van der Waals surface area contributed by atoms with Crippen LogP contribution in [0.4, 0.5) is 0 Å². The summed E-state index contributed by atoms with van der Waals surface area (Å²) in [6.07, 6.45) is -0.0902. The molecular formula is C11H11BrN2O. The van der Waals surface area contributed by atoms with Crippen LogP contribution >= 0.6 is 15.9 Å². The second-order valence-electron chi connectivity index (χ2n) is 3.18. The van der Waals surface area contributed by atoms with Crippen molar-refractivity contribution in [1.82, 2.24) is 5.32 Å². The van der Waals surface area contributed by atoms with Gasteiger partial charge in [-0.3, -0.25) is 4.79 Å². The van der Waals surface area contributed by atoms with Gasteiger partial charge in [0.05, 0.1) is 6.07 Å². The van der Waals surface area contributed by atoms with Gasteiger partial charge in [0, 0.05) is 11.0 Å². The SMILES string of the molecule is Cc1ccc(Br)cc1CNC(=O)CC#N. The number of halogens is 1. The molecule has 0 aliphatic carbocycles. The lowest BCUT2D eigenvalue weighted by Crippen LogP contribution is -2.22. The van der Waals surface area contributed by atoms with E-state index in [4.69, 9.17) is 5.26 Å². The number of nitrogens with zero attached hydrogens (tertiary/aromatic N) is 1. The molecule has 0 aromatic heterocycles. The molecule has 0 fully saturated rings. The summed E-state index contributed by atoms with van der Waals surface area (Å²) >= 11 is 3.37. The number of aryl methyl sites for hydroxylation is 1. The maximum absolute atomic E-state index is 11.1. The molecule has 0 heterocycles. The number of rotatable bonds is 3. The average molecular weight is 267 g/mol. The topological polar surface area (TPSA) is 52.9 Å². The van der Waals surface area contributed by atoms with E-state index in [-0.39, 0.29) is 12.3 Å². The fourth-order valence-corrected chi connectivity index (χ4v) is 1.57. The van der Waals surface area contributed by atoms with E-state index in [1.165, 1.54) is 0 Å². The molecule has 0 radical (unpaired) electrons. The smallest absolute Gasteiger partial charge is 0.234 e. The molecular weight excluding hydrogens is 256 g/mol. The molecule has 0 atom stereocenters. The van der Waals surface area contributed by atoms with Crippen molar-refractivity contribution in [3.8, 4) is 6.07 Å². The molecule has 15 heavy (non-hydrogen) atoms. The van der Waals surface area contributed by atoms with Crippen LogP contribution < -0.4 is 5.32 Å². The summed E-state index contributed by atoms with van der Waals surface area (Å²) in [5.41, 5.74) is 2.17. The van der Waals surface area contributed by atoms with Crippen molar-refractivity contribution in [2.45, 2.75) is 19.9 Å². The molecule has 0 aliphatic rings. The van der Waals surface area contributed by atoms with Gasteiger partial charge in [-0.25, -0.2) is 0 Å². The Morgan fingerprint density at radius 2 is 2.33 bits per heavy atom. The van der Waals surface area contributed by atoms with Crippen LogP contribution in [0.5, 0.6) is 0 Å². The number of nitriles is 1. The molecule has 1 aromatic rings. The number of carbonyl (C=O) groups is 1. The quantitative estimate of drug-likeness (QED) is 0.913. The molecule has 1 rings (SSSR count). The molecule has 1 amide bonds. The van der Waals surface area contributed by atoms with E-state index >= 15 is 0 Å². The summed E-state index contributed by atoms with van der Waals surface area (Å²) in [6.45, 7) is 2.45. The Morgan fingerprint density at radius 3 is 3.00 bits per heavy atom. The molecule has 78 valence electrons. The minimum Gasteiger partial charge on any atom is -0.351 e. The maximum atomic E-state index is 11.1. The van der Waals surface area contributed by atoms with Crippen molar-refractivity contribution in [1.29, 1.82) is 5.26 Å². The van der Waals surface area contributed by atoms with Crippen LogP contribution in [0.2, 0.25) is 0 Å². The van der Waals surface area contributed by atoms with Crippen LogP contribution in [0.1, 0.15) is 17.5 Å². The summed E-state index contributed by atoms with van der Waals surface area (Å²) in [4.78, 5) is 11.1. The lowest BCUT2D eigenvalue weighted by atomic mass is 10.1. The fraction of sp³-hybridized carbons (Fsp3) is 0.273. The van der Waals surface area contributed by atoms with Gasteiger partial charge in [0.25, 0.3) is 0 Å². The van der Waals surface area contributed by atoms with Gasteiger partial charge in [-0.05, 0) is 30.2 Å². The largest absolute Gasteiger partial charge is 0.351 e. The molecule has 3 nitrogen and oxygen atoms in total. The Morgan fingerprint density at radius 1 is 1.60 bits per heavy atom. The molecule has 0 unspecified atom stereocenters. The van der Waals surface area contributed by atoms with Crippen LogP contribution in [0, 0.1) is 18.3 Å². The first kappa shape index (κ1) is 11.7. The summed E-state index contributed by atoms with van der Waals surface area (Å²) in [5.74, 6) is -0.239. The first-order chi connectivity index (χ1) is 7.13. The number of benzene rings is 1. The highest BCUT2D eigenvalue weighted by molar-refractivity contribution is 9.10. The Labute approximate surface area is 97.2 Å². The van der Waals surface area contributed by atoms with E-state index in [0.29, 0.717) is 6.54 Å². The van der Waals surface area contributed by atoms with Crippen LogP contribution in [0.15, 0.2) is 22.7 Å². The molecule has 0 bridgehead atoms. The Kier molecular flexibility index (Phi) is 4.32. The van der Waals surface area contributed by atoms with E-state index in [1.54, 1.807) is 0 Å². The van der Waals surface area contributed by atoms with Crippen molar-refractivity contribution in [3.63, 3.8) is 0 Å². The van der Waals surface area contributed by atoms with Crippen LogP contribution in [-0.2, 0) is 11.3 Å². The summed E-state index contributed by atoms with van der Waals surface area (Å²) in [7, 11) is 0. The van der Waals surface area contributed by atoms with Crippen LogP contribution in [0.25, 0.3) is 0 Å². The van der Waals surface area contributed by atoms with E-state index in [1.807, 2.05) is 31.2 Å². The standard InChI is InChI=1S/C11H11BrN2O/c1-8-2-3-10(12)6-9(8)7-14-11(15)4-5-13/h2-3,6H,4,7H2,1H3,(H,14,15). The minimum absolute atomic E-state index is 0.0902. The first-order valence-electron chi connectivity index (χ1n) is 4.52. The van der Waals surface area contributed by atoms with E-state index in [0.717, 1.165) is 15.6 Å². The normalized spacial score (nSPS) is 9.40. The van der Waals surface area contributed by atoms with Crippen molar-refractivity contribution >= 4 is 21.8 Å². The van der Waals surface area contributed by atoms with E-state index < -0.39 is 0 Å². The molecule has 4 heteroatoms. The predicted octanol–water partition coefficient (Wildman–Crippen LogP) is 2.29. The summed E-state index contributed by atoms with van der Waals surface area (Å²) in [6, 6.07) is 7.71. The summed E-state index contributed by atoms with van der Waals surface area (Å²) in [5, 5.41) is 11.0. The molecule has 0 saturated heterocycles. The molecule has 0 aliphatic heterocycles. The predicted molar refractivity (Wildman–Crippen MR) is 61.0 cm³/mol. The van der Waals surface area contributed by atoms with E-state index in [9.17, 15) is 4.79 Å². The van der Waals surface area contributed by atoms with Gasteiger partial charge in [-0.15, -0.1) is 0 Å². The number of carbonyl (C=O) groups excluding carboxylic acids is 1. The first-order valence-corrected chi connectivity index (χ1v) is 5.31. The third-order valence-corrected chi connectivity index (χ3v) is 2.52. The number of nitrogens with one attached hydrogen (secondary N) is 1. The molecule has 1 N–H and O–H groups in total. The number of hydrogen-bond acceptors (Lipinski definition) is 2. The monoisotopic (exact) mass is 266 g/mol. The number of hydrogen-bond donors (Lipinski definition) is 1. The van der Waals surface area contributed by atoms with Gasteiger partial charge < -0.3 is 5.32 Å². The summed E-state index contributed by atoms with van der Waals surface area (Å²) < 4.78 is 0.984. The Bertz CT molecular complexity index is 410. The Hall–Kier alpha value is -1.34. The molecule has 0 saturated carbocycles. The van der Waals surface area contributed by atoms with Gasteiger partial charge >= 0.3 is 0 Å². The van der Waals surface area contributed by atoms with Gasteiger partial charge in [0.1, 0.15) is 6.42 Å². The van der Waals surface area contributed by atoms with Gasteiger partial charge in [-0.2, -0.15) is 5.26 Å². The zero-order chi connectivity index (χ0) is 11.3. The zero-order valence-electron chi connectivity index (χ0n) is 8.38. The average Bonchev–Trinajstić information content (AvgIpc) is 2.20. The highest BCUT2D eigenvalue weighted by Gasteiger charge is 2.02. The number of amides is 1. The van der Waals surface area contributed by atoms with E-state index in [2.05, 4.69) is 21.2 Å². The Balaban J connectivity index is 2.61. The van der Waals surface area contributed by atoms with Crippen LogP contribution in [0.3, 0.4) is 0 Å². The van der Waals surface area contributed by atoms with Gasteiger partial charge in [0.15, 0.2) is 0 Å². The third-order valence-electron chi connectivity index (χ3n) is 2.03. The molecule has 0 spiro atoms. The van der Waals surface area contributed by atoms with Crippen molar-refractivity contribution in [2.24, 2.45) is 0 Å². The highest BCUT2D eigenvalue weighted by atomic mass is 79.9. The fourth-order valence-electron chi connectivity index (χ4n) is 1.16. The zero-order valence-corrected chi connectivity index (χ0v) is 9.97. The van der Waals surface area contributed by atoms with Crippen molar-refractivity contribution in [2.75, 3.05) is 0 Å². The lowest BCUT2D eigenvalue weighted by Gasteiger charge is -2.07. The second kappa shape index (κ2) is 5.52. The van der Waals surface area contributed by atoms with Gasteiger partial charge in [-0.1, -0.05) is 22.0 Å². The lowest BCUT2D eigenvalue weighted by molar-refractivity contribution is -0.120.